The number of allylic oxidation sites excluding steroid dienone is 1. The maximum absolute atomic E-state index is 12.8. The number of fused-ring (bicyclic) bond motifs is 2. The molecule has 0 aliphatic heterocycles. The number of carbonyl (C=O) groups is 2. The molecule has 4 nitrogen and oxygen atoms in total. The Balaban J connectivity index is 1.36. The number of aliphatic carboxylic acids is 1. The number of carbonyl (C=O) groups excluding carboxylic acids is 1. The molecule has 190 valence electrons. The lowest BCUT2D eigenvalue weighted by Crippen LogP contribution is -2.57. The molecule has 4 heteroatoms. The summed E-state index contributed by atoms with van der Waals surface area (Å²) in [5.74, 6) is 2.12. The number of aliphatic hydroxyl groups is 1. The van der Waals surface area contributed by atoms with Gasteiger partial charge in [0.1, 0.15) is 5.78 Å². The number of Topliss-reactive ketones (excluding diaryl/α,β-unsaturated/α-hetero) is 1. The maximum Gasteiger partial charge on any atom is 0.333 e. The molecule has 5 fully saturated rings. The van der Waals surface area contributed by atoms with Gasteiger partial charge in [0.05, 0.1) is 12.2 Å². The number of hydrogen-bond acceptors (Lipinski definition) is 3. The molecule has 0 unspecified atom stereocenters. The summed E-state index contributed by atoms with van der Waals surface area (Å²) in [7, 11) is 0. The van der Waals surface area contributed by atoms with Gasteiger partial charge in [0, 0.05) is 11.8 Å². The van der Waals surface area contributed by atoms with Gasteiger partial charge in [0.25, 0.3) is 0 Å². The van der Waals surface area contributed by atoms with Gasteiger partial charge in [-0.2, -0.15) is 0 Å². The Labute approximate surface area is 206 Å². The zero-order chi connectivity index (χ0) is 24.7. The molecule has 34 heavy (non-hydrogen) atoms. The SMILES string of the molecule is C[C@H](CCC=C(CO)C(=O)O)[C@H]1CC[C@@]2(C)[C@@H]3CC[C@H]4C(C)(C)C(=O)CC[C@@]45C[C@@]35CC[C@]12C. The first-order chi connectivity index (χ1) is 15.9. The third-order valence-corrected chi connectivity index (χ3v) is 13.1. The highest BCUT2D eigenvalue weighted by molar-refractivity contribution is 5.86. The molecule has 0 aromatic rings. The first kappa shape index (κ1) is 24.5. The van der Waals surface area contributed by atoms with E-state index in [9.17, 15) is 19.8 Å². The number of aliphatic hydroxyl groups excluding tert-OH is 1. The van der Waals surface area contributed by atoms with Crippen molar-refractivity contribution in [2.75, 3.05) is 6.61 Å². The molecule has 2 N–H and O–H groups in total. The Kier molecular flexibility index (Phi) is 5.53. The molecule has 5 saturated carbocycles. The summed E-state index contributed by atoms with van der Waals surface area (Å²) >= 11 is 0. The van der Waals surface area contributed by atoms with Gasteiger partial charge < -0.3 is 10.2 Å². The number of hydrogen-bond donors (Lipinski definition) is 2. The van der Waals surface area contributed by atoms with E-state index in [0.29, 0.717) is 45.2 Å². The Morgan fingerprint density at radius 1 is 1.00 bits per heavy atom. The molecule has 0 aromatic heterocycles. The minimum absolute atomic E-state index is 0.124. The smallest absolute Gasteiger partial charge is 0.333 e. The van der Waals surface area contributed by atoms with Crippen molar-refractivity contribution in [2.45, 2.75) is 105 Å². The minimum atomic E-state index is -1.00. The fraction of sp³-hybridized carbons (Fsp3) is 0.867. The average molecular weight is 471 g/mol. The number of carboxylic acid groups (broad SMARTS) is 1. The third-order valence-electron chi connectivity index (χ3n) is 13.1. The zero-order valence-corrected chi connectivity index (χ0v) is 22.1. The lowest BCUT2D eigenvalue weighted by atomic mass is 9.42. The Morgan fingerprint density at radius 3 is 2.35 bits per heavy atom. The summed E-state index contributed by atoms with van der Waals surface area (Å²) in [4.78, 5) is 24.1. The van der Waals surface area contributed by atoms with Crippen LogP contribution in [0.25, 0.3) is 0 Å². The van der Waals surface area contributed by atoms with E-state index in [4.69, 9.17) is 0 Å². The first-order valence-corrected chi connectivity index (χ1v) is 14.0. The van der Waals surface area contributed by atoms with Gasteiger partial charge in [-0.05, 0) is 110 Å². The van der Waals surface area contributed by atoms with Crippen molar-refractivity contribution in [3.8, 4) is 0 Å². The summed E-state index contributed by atoms with van der Waals surface area (Å²) in [5.41, 5.74) is 1.62. The Hall–Kier alpha value is -1.16. The summed E-state index contributed by atoms with van der Waals surface area (Å²) < 4.78 is 0. The van der Waals surface area contributed by atoms with Crippen LogP contribution in [0.2, 0.25) is 0 Å². The summed E-state index contributed by atoms with van der Waals surface area (Å²) in [5, 5.41) is 18.5. The maximum atomic E-state index is 12.8. The van der Waals surface area contributed by atoms with Crippen LogP contribution in [0.4, 0.5) is 0 Å². The predicted molar refractivity (Wildman–Crippen MR) is 133 cm³/mol. The van der Waals surface area contributed by atoms with E-state index in [1.54, 1.807) is 6.08 Å². The van der Waals surface area contributed by atoms with E-state index in [1.807, 2.05) is 0 Å². The van der Waals surface area contributed by atoms with Crippen LogP contribution in [-0.2, 0) is 9.59 Å². The van der Waals surface area contributed by atoms with Crippen molar-refractivity contribution >= 4 is 11.8 Å². The molecule has 0 radical (unpaired) electrons. The van der Waals surface area contributed by atoms with Crippen molar-refractivity contribution in [1.82, 2.24) is 0 Å². The molecule has 5 rings (SSSR count). The molecule has 5 aliphatic carbocycles. The van der Waals surface area contributed by atoms with Gasteiger partial charge in [-0.15, -0.1) is 0 Å². The molecule has 0 aromatic carbocycles. The van der Waals surface area contributed by atoms with E-state index in [2.05, 4.69) is 34.6 Å². The van der Waals surface area contributed by atoms with Crippen molar-refractivity contribution in [2.24, 2.45) is 50.7 Å². The van der Waals surface area contributed by atoms with Crippen molar-refractivity contribution in [3.63, 3.8) is 0 Å². The third kappa shape index (κ3) is 2.93. The van der Waals surface area contributed by atoms with Crippen LogP contribution in [0.3, 0.4) is 0 Å². The second kappa shape index (κ2) is 7.67. The molecule has 0 saturated heterocycles. The highest BCUT2D eigenvalue weighted by Crippen LogP contribution is 2.88. The molecular weight excluding hydrogens is 424 g/mol. The minimum Gasteiger partial charge on any atom is -0.478 e. The number of rotatable bonds is 6. The van der Waals surface area contributed by atoms with Crippen LogP contribution in [0, 0.1) is 50.7 Å². The quantitative estimate of drug-likeness (QED) is 0.440. The average Bonchev–Trinajstić information content (AvgIpc) is 3.36. The first-order valence-electron chi connectivity index (χ1n) is 14.0. The van der Waals surface area contributed by atoms with Crippen molar-refractivity contribution in [3.05, 3.63) is 11.6 Å². The van der Waals surface area contributed by atoms with Gasteiger partial charge in [-0.1, -0.05) is 40.7 Å². The van der Waals surface area contributed by atoms with Crippen molar-refractivity contribution in [1.29, 1.82) is 0 Å². The highest BCUT2D eigenvalue weighted by Gasteiger charge is 2.82. The van der Waals surface area contributed by atoms with Crippen LogP contribution in [0.5, 0.6) is 0 Å². The molecular formula is C30H46O4. The Morgan fingerprint density at radius 2 is 1.68 bits per heavy atom. The Bertz CT molecular complexity index is 919. The second-order valence-corrected chi connectivity index (χ2v) is 14.0. The molecule has 0 heterocycles. The van der Waals surface area contributed by atoms with Crippen molar-refractivity contribution < 1.29 is 19.8 Å². The summed E-state index contributed by atoms with van der Waals surface area (Å²) in [6.07, 6.45) is 14.6. The lowest BCUT2D eigenvalue weighted by molar-refractivity contribution is -0.157. The number of ketones is 1. The zero-order valence-electron chi connectivity index (χ0n) is 22.1. The summed E-state index contributed by atoms with van der Waals surface area (Å²) in [6.45, 7) is 11.7. The normalized spacial score (nSPS) is 47.8. The fourth-order valence-corrected chi connectivity index (χ4v) is 11.1. The summed E-state index contributed by atoms with van der Waals surface area (Å²) in [6, 6.07) is 0. The van der Waals surface area contributed by atoms with Gasteiger partial charge in [0.15, 0.2) is 0 Å². The topological polar surface area (TPSA) is 74.6 Å². The fourth-order valence-electron chi connectivity index (χ4n) is 11.1. The largest absolute Gasteiger partial charge is 0.478 e. The van der Waals surface area contributed by atoms with Crippen LogP contribution in [0.15, 0.2) is 11.6 Å². The number of carboxylic acids is 1. The highest BCUT2D eigenvalue weighted by atomic mass is 16.4. The van der Waals surface area contributed by atoms with Gasteiger partial charge in [0.2, 0.25) is 0 Å². The van der Waals surface area contributed by atoms with Gasteiger partial charge in [-0.3, -0.25) is 4.79 Å². The van der Waals surface area contributed by atoms with E-state index in [-0.39, 0.29) is 11.0 Å². The van der Waals surface area contributed by atoms with Crippen LogP contribution < -0.4 is 0 Å². The molecule has 8 atom stereocenters. The van der Waals surface area contributed by atoms with Gasteiger partial charge >= 0.3 is 5.97 Å². The van der Waals surface area contributed by atoms with E-state index in [1.165, 1.54) is 44.9 Å². The molecule has 5 aliphatic rings. The van der Waals surface area contributed by atoms with Crippen LogP contribution in [0.1, 0.15) is 105 Å². The molecule has 0 amide bonds. The predicted octanol–water partition coefficient (Wildman–Crippen LogP) is 6.41. The van der Waals surface area contributed by atoms with E-state index >= 15 is 0 Å². The monoisotopic (exact) mass is 470 g/mol. The molecule has 2 spiro atoms. The van der Waals surface area contributed by atoms with Crippen LogP contribution in [-0.4, -0.2) is 28.6 Å². The lowest BCUT2D eigenvalue weighted by Gasteiger charge is -2.62. The van der Waals surface area contributed by atoms with Crippen LogP contribution >= 0.6 is 0 Å². The molecule has 0 bridgehead atoms. The second-order valence-electron chi connectivity index (χ2n) is 14.0. The standard InChI is InChI=1S/C30H46O4/c1-19(7-6-8-20(17-31)25(33)34)21-11-13-28(5)23-10-9-22-26(2,3)24(32)12-14-29(22)18-30(23,29)16-15-27(21,28)4/h8,19,21-23,31H,6-7,9-18H2,1-5H3,(H,33,34)/t19-,21-,22+,23+,27-,28+,29-,30+/m1/s1. The van der Waals surface area contributed by atoms with E-state index in [0.717, 1.165) is 31.6 Å². The van der Waals surface area contributed by atoms with E-state index < -0.39 is 12.6 Å². The van der Waals surface area contributed by atoms with Gasteiger partial charge in [-0.25, -0.2) is 4.79 Å².